The SMILES string of the molecule is CS(=O)(=O)c1cccc(N2CCCC3(CC3)C2)c1[N+](=O)[O-]. The van der Waals surface area contributed by atoms with E-state index in [0.717, 1.165) is 25.8 Å². The number of nitrogens with zero attached hydrogens (tertiary/aromatic N) is 2. The van der Waals surface area contributed by atoms with Crippen LogP contribution >= 0.6 is 0 Å². The van der Waals surface area contributed by atoms with E-state index in [2.05, 4.69) is 0 Å². The summed E-state index contributed by atoms with van der Waals surface area (Å²) in [6.45, 7) is 1.54. The second-order valence-electron chi connectivity index (χ2n) is 6.18. The molecule has 1 aromatic carbocycles. The smallest absolute Gasteiger partial charge is 0.311 e. The Morgan fingerprint density at radius 2 is 2.00 bits per heavy atom. The number of nitro groups is 1. The summed E-state index contributed by atoms with van der Waals surface area (Å²) in [5.74, 6) is 0. The molecule has 0 atom stereocenters. The van der Waals surface area contributed by atoms with E-state index in [4.69, 9.17) is 0 Å². The molecule has 0 amide bonds. The molecule has 1 aromatic rings. The summed E-state index contributed by atoms with van der Waals surface area (Å²) in [6, 6.07) is 4.56. The molecular weight excluding hydrogens is 292 g/mol. The molecule has 0 unspecified atom stereocenters. The maximum absolute atomic E-state index is 11.8. The minimum Gasteiger partial charge on any atom is -0.365 e. The van der Waals surface area contributed by atoms with Crippen molar-refractivity contribution < 1.29 is 13.3 Å². The molecular formula is C14H18N2O4S. The van der Waals surface area contributed by atoms with Gasteiger partial charge in [-0.25, -0.2) is 8.42 Å². The Labute approximate surface area is 123 Å². The van der Waals surface area contributed by atoms with Crippen molar-refractivity contribution in [3.63, 3.8) is 0 Å². The van der Waals surface area contributed by atoms with Crippen molar-refractivity contribution in [2.24, 2.45) is 5.41 Å². The molecule has 1 heterocycles. The van der Waals surface area contributed by atoms with Crippen molar-refractivity contribution in [1.29, 1.82) is 0 Å². The summed E-state index contributed by atoms with van der Waals surface area (Å²) in [6.07, 6.45) is 5.52. The van der Waals surface area contributed by atoms with Gasteiger partial charge in [0, 0.05) is 19.3 Å². The molecule has 7 heteroatoms. The van der Waals surface area contributed by atoms with Gasteiger partial charge < -0.3 is 4.90 Å². The lowest BCUT2D eigenvalue weighted by molar-refractivity contribution is -0.387. The zero-order valence-corrected chi connectivity index (χ0v) is 12.7. The Hall–Kier alpha value is -1.63. The number of nitro benzene ring substituents is 1. The molecule has 1 spiro atoms. The van der Waals surface area contributed by atoms with Crippen LogP contribution in [0.1, 0.15) is 25.7 Å². The summed E-state index contributed by atoms with van der Waals surface area (Å²) in [5, 5.41) is 11.4. The Bertz CT molecular complexity index is 695. The Kier molecular flexibility index (Phi) is 3.20. The van der Waals surface area contributed by atoms with Crippen molar-refractivity contribution in [2.75, 3.05) is 24.2 Å². The third kappa shape index (κ3) is 2.62. The summed E-state index contributed by atoms with van der Waals surface area (Å²) in [4.78, 5) is 12.6. The number of sulfone groups is 1. The minimum atomic E-state index is -3.62. The maximum Gasteiger partial charge on any atom is 0.311 e. The molecule has 0 bridgehead atoms. The third-order valence-corrected chi connectivity index (χ3v) is 5.65. The Balaban J connectivity index is 2.07. The van der Waals surface area contributed by atoms with Crippen LogP contribution in [0, 0.1) is 15.5 Å². The van der Waals surface area contributed by atoms with E-state index in [1.54, 1.807) is 12.1 Å². The van der Waals surface area contributed by atoms with Crippen molar-refractivity contribution in [3.05, 3.63) is 28.3 Å². The highest BCUT2D eigenvalue weighted by molar-refractivity contribution is 7.90. The summed E-state index contributed by atoms with van der Waals surface area (Å²) in [5.41, 5.74) is 0.472. The van der Waals surface area contributed by atoms with Crippen molar-refractivity contribution in [2.45, 2.75) is 30.6 Å². The second-order valence-corrected chi connectivity index (χ2v) is 8.16. The molecule has 2 aliphatic rings. The number of anilines is 1. The van der Waals surface area contributed by atoms with E-state index in [9.17, 15) is 18.5 Å². The number of piperidine rings is 1. The predicted octanol–water partition coefficient (Wildman–Crippen LogP) is 2.38. The monoisotopic (exact) mass is 310 g/mol. The molecule has 1 aliphatic carbocycles. The van der Waals surface area contributed by atoms with Gasteiger partial charge in [0.15, 0.2) is 9.84 Å². The predicted molar refractivity (Wildman–Crippen MR) is 79.3 cm³/mol. The van der Waals surface area contributed by atoms with E-state index in [0.29, 0.717) is 11.1 Å². The van der Waals surface area contributed by atoms with Crippen LogP contribution < -0.4 is 4.90 Å². The van der Waals surface area contributed by atoms with Crippen LogP contribution in [-0.4, -0.2) is 32.7 Å². The van der Waals surface area contributed by atoms with Gasteiger partial charge in [-0.3, -0.25) is 10.1 Å². The first-order valence-corrected chi connectivity index (χ1v) is 8.94. The van der Waals surface area contributed by atoms with Crippen molar-refractivity contribution in [1.82, 2.24) is 0 Å². The molecule has 0 N–H and O–H groups in total. The minimum absolute atomic E-state index is 0.194. The van der Waals surface area contributed by atoms with Gasteiger partial charge in [0.05, 0.1) is 4.92 Å². The van der Waals surface area contributed by atoms with E-state index in [1.807, 2.05) is 4.90 Å². The lowest BCUT2D eigenvalue weighted by Gasteiger charge is -2.34. The summed E-state index contributed by atoms with van der Waals surface area (Å²) < 4.78 is 23.6. The van der Waals surface area contributed by atoms with Crippen LogP contribution in [0.25, 0.3) is 0 Å². The molecule has 0 aromatic heterocycles. The van der Waals surface area contributed by atoms with Gasteiger partial charge in [-0.15, -0.1) is 0 Å². The fourth-order valence-corrected chi connectivity index (χ4v) is 4.10. The number of hydrogen-bond donors (Lipinski definition) is 0. The molecule has 0 radical (unpaired) electrons. The van der Waals surface area contributed by atoms with Crippen LogP contribution in [0.15, 0.2) is 23.1 Å². The van der Waals surface area contributed by atoms with Crippen LogP contribution in [0.4, 0.5) is 11.4 Å². The highest BCUT2D eigenvalue weighted by Gasteiger charge is 2.46. The van der Waals surface area contributed by atoms with Gasteiger partial charge in [-0.1, -0.05) is 6.07 Å². The molecule has 1 saturated heterocycles. The number of rotatable bonds is 3. The fourth-order valence-electron chi connectivity index (χ4n) is 3.25. The Morgan fingerprint density at radius 3 is 2.57 bits per heavy atom. The van der Waals surface area contributed by atoms with Gasteiger partial charge in [-0.05, 0) is 43.2 Å². The first-order chi connectivity index (χ1) is 9.82. The zero-order valence-electron chi connectivity index (χ0n) is 11.9. The van der Waals surface area contributed by atoms with Crippen molar-refractivity contribution >= 4 is 21.2 Å². The normalized spacial score (nSPS) is 20.5. The summed E-state index contributed by atoms with van der Waals surface area (Å²) >= 11 is 0. The average Bonchev–Trinajstić information content (AvgIpc) is 3.15. The molecule has 114 valence electrons. The summed E-state index contributed by atoms with van der Waals surface area (Å²) in [7, 11) is -3.62. The van der Waals surface area contributed by atoms with Crippen LogP contribution in [0.3, 0.4) is 0 Å². The molecule has 3 rings (SSSR count). The molecule has 1 aliphatic heterocycles. The molecule has 21 heavy (non-hydrogen) atoms. The molecule has 6 nitrogen and oxygen atoms in total. The van der Waals surface area contributed by atoms with E-state index >= 15 is 0 Å². The largest absolute Gasteiger partial charge is 0.365 e. The highest BCUT2D eigenvalue weighted by atomic mass is 32.2. The van der Waals surface area contributed by atoms with Gasteiger partial charge in [0.1, 0.15) is 10.6 Å². The average molecular weight is 310 g/mol. The highest BCUT2D eigenvalue weighted by Crippen LogP contribution is 2.53. The third-order valence-electron chi connectivity index (χ3n) is 4.52. The van der Waals surface area contributed by atoms with Crippen LogP contribution in [-0.2, 0) is 9.84 Å². The lowest BCUT2D eigenvalue weighted by Crippen LogP contribution is -2.36. The quantitative estimate of drug-likeness (QED) is 0.632. The van der Waals surface area contributed by atoms with Gasteiger partial charge in [0.25, 0.3) is 0 Å². The van der Waals surface area contributed by atoms with Gasteiger partial charge >= 0.3 is 5.69 Å². The number of benzene rings is 1. The van der Waals surface area contributed by atoms with Crippen LogP contribution in [0.2, 0.25) is 0 Å². The van der Waals surface area contributed by atoms with E-state index in [1.165, 1.54) is 25.3 Å². The second kappa shape index (κ2) is 4.69. The lowest BCUT2D eigenvalue weighted by atomic mass is 9.94. The van der Waals surface area contributed by atoms with E-state index < -0.39 is 14.8 Å². The topological polar surface area (TPSA) is 80.5 Å². The van der Waals surface area contributed by atoms with E-state index in [-0.39, 0.29) is 10.6 Å². The fraction of sp³-hybridized carbons (Fsp3) is 0.571. The first kappa shape index (κ1) is 14.3. The standard InChI is InChI=1S/C14H18N2O4S/c1-21(19,20)12-5-2-4-11(13(12)16(17)18)15-9-3-6-14(10-15)7-8-14/h2,4-5H,3,6-10H2,1H3. The van der Waals surface area contributed by atoms with Gasteiger partial charge in [0.2, 0.25) is 0 Å². The Morgan fingerprint density at radius 1 is 1.29 bits per heavy atom. The molecule has 2 fully saturated rings. The van der Waals surface area contributed by atoms with Crippen molar-refractivity contribution in [3.8, 4) is 0 Å². The zero-order chi connectivity index (χ0) is 15.3. The maximum atomic E-state index is 11.8. The van der Waals surface area contributed by atoms with Crippen LogP contribution in [0.5, 0.6) is 0 Å². The number of hydrogen-bond acceptors (Lipinski definition) is 5. The first-order valence-electron chi connectivity index (χ1n) is 7.05. The number of para-hydroxylation sites is 1. The molecule has 1 saturated carbocycles. The van der Waals surface area contributed by atoms with Gasteiger partial charge in [-0.2, -0.15) is 0 Å².